The van der Waals surface area contributed by atoms with Crippen LogP contribution in [-0.2, 0) is 4.74 Å². The standard InChI is InChI=1S/C22H15NO2S/c24-22(17-11-5-2-6-12-17)25-19(16-9-3-1-4-10-16)15-21-23-18-13-7-8-14-20(18)26-21/h1-15H/b19-15-. The third-order valence-electron chi connectivity index (χ3n) is 3.84. The van der Waals surface area contributed by atoms with Crippen LogP contribution in [0.1, 0.15) is 20.9 Å². The molecule has 0 atom stereocenters. The SMILES string of the molecule is O=C(O/C(=C\c1nc2ccccc2s1)c1ccccc1)c1ccccc1. The van der Waals surface area contributed by atoms with Crippen molar-refractivity contribution < 1.29 is 9.53 Å². The number of carbonyl (C=O) groups excluding carboxylic acids is 1. The maximum Gasteiger partial charge on any atom is 0.343 e. The summed E-state index contributed by atoms with van der Waals surface area (Å²) >= 11 is 1.56. The molecule has 4 rings (SSSR count). The van der Waals surface area contributed by atoms with E-state index >= 15 is 0 Å². The monoisotopic (exact) mass is 357 g/mol. The van der Waals surface area contributed by atoms with Gasteiger partial charge in [-0.05, 0) is 24.3 Å². The van der Waals surface area contributed by atoms with Gasteiger partial charge in [-0.3, -0.25) is 0 Å². The molecule has 0 spiro atoms. The van der Waals surface area contributed by atoms with Crippen molar-refractivity contribution in [3.8, 4) is 0 Å². The molecule has 1 heterocycles. The second-order valence-electron chi connectivity index (χ2n) is 5.65. The summed E-state index contributed by atoms with van der Waals surface area (Å²) in [7, 11) is 0. The van der Waals surface area contributed by atoms with Gasteiger partial charge in [0.2, 0.25) is 0 Å². The Morgan fingerprint density at radius 3 is 2.12 bits per heavy atom. The molecule has 0 aliphatic carbocycles. The van der Waals surface area contributed by atoms with E-state index < -0.39 is 0 Å². The second-order valence-corrected chi connectivity index (χ2v) is 6.71. The number of fused-ring (bicyclic) bond motifs is 1. The molecule has 0 unspecified atom stereocenters. The highest BCUT2D eigenvalue weighted by Crippen LogP contribution is 2.27. The van der Waals surface area contributed by atoms with Crippen molar-refractivity contribution >= 4 is 39.4 Å². The summed E-state index contributed by atoms with van der Waals surface area (Å²) in [6, 6.07) is 26.5. The van der Waals surface area contributed by atoms with Crippen LogP contribution in [0.4, 0.5) is 0 Å². The summed E-state index contributed by atoms with van der Waals surface area (Å²) in [6.07, 6.45) is 1.82. The van der Waals surface area contributed by atoms with Gasteiger partial charge in [-0.25, -0.2) is 9.78 Å². The molecule has 0 aliphatic rings. The molecule has 0 radical (unpaired) electrons. The number of hydrogen-bond acceptors (Lipinski definition) is 4. The Morgan fingerprint density at radius 1 is 0.808 bits per heavy atom. The molecule has 3 aromatic carbocycles. The van der Waals surface area contributed by atoms with E-state index in [1.165, 1.54) is 0 Å². The van der Waals surface area contributed by atoms with E-state index in [0.717, 1.165) is 20.8 Å². The predicted molar refractivity (Wildman–Crippen MR) is 106 cm³/mol. The topological polar surface area (TPSA) is 39.2 Å². The van der Waals surface area contributed by atoms with Crippen LogP contribution in [0, 0.1) is 0 Å². The van der Waals surface area contributed by atoms with Crippen LogP contribution in [0.15, 0.2) is 84.9 Å². The smallest absolute Gasteiger partial charge is 0.343 e. The van der Waals surface area contributed by atoms with Crippen molar-refractivity contribution in [2.75, 3.05) is 0 Å². The third kappa shape index (κ3) is 3.55. The molecule has 0 fully saturated rings. The second kappa shape index (κ2) is 7.33. The zero-order chi connectivity index (χ0) is 17.8. The highest BCUT2D eigenvalue weighted by Gasteiger charge is 2.13. The number of rotatable bonds is 4. The van der Waals surface area contributed by atoms with Crippen LogP contribution in [0.25, 0.3) is 22.1 Å². The van der Waals surface area contributed by atoms with Crippen LogP contribution >= 0.6 is 11.3 Å². The maximum atomic E-state index is 12.5. The minimum atomic E-state index is -0.387. The molecule has 0 bridgehead atoms. The normalized spacial score (nSPS) is 11.5. The number of esters is 1. The lowest BCUT2D eigenvalue weighted by atomic mass is 10.1. The first-order valence-electron chi connectivity index (χ1n) is 8.19. The fraction of sp³-hybridized carbons (Fsp3) is 0. The van der Waals surface area contributed by atoms with E-state index in [-0.39, 0.29) is 5.97 Å². The van der Waals surface area contributed by atoms with Crippen LogP contribution in [0.3, 0.4) is 0 Å². The van der Waals surface area contributed by atoms with Gasteiger partial charge in [0, 0.05) is 11.6 Å². The largest absolute Gasteiger partial charge is 0.422 e. The van der Waals surface area contributed by atoms with Crippen molar-refractivity contribution in [3.63, 3.8) is 0 Å². The van der Waals surface area contributed by atoms with Gasteiger partial charge in [-0.15, -0.1) is 11.3 Å². The summed E-state index contributed by atoms with van der Waals surface area (Å²) in [5.74, 6) is 0.0975. The van der Waals surface area contributed by atoms with E-state index in [1.54, 1.807) is 23.5 Å². The zero-order valence-corrected chi connectivity index (χ0v) is 14.6. The molecule has 0 aliphatic heterocycles. The molecule has 4 aromatic rings. The maximum absolute atomic E-state index is 12.5. The number of hydrogen-bond donors (Lipinski definition) is 0. The Labute approximate surface area is 155 Å². The van der Waals surface area contributed by atoms with Gasteiger partial charge in [0.25, 0.3) is 0 Å². The lowest BCUT2D eigenvalue weighted by Gasteiger charge is -2.09. The van der Waals surface area contributed by atoms with Crippen molar-refractivity contribution in [3.05, 3.63) is 101 Å². The average molecular weight is 357 g/mol. The highest BCUT2D eigenvalue weighted by atomic mass is 32.1. The number of thiazole rings is 1. The number of aromatic nitrogens is 1. The van der Waals surface area contributed by atoms with E-state index in [0.29, 0.717) is 11.3 Å². The summed E-state index contributed by atoms with van der Waals surface area (Å²) < 4.78 is 6.81. The Morgan fingerprint density at radius 2 is 1.42 bits per heavy atom. The Hall–Kier alpha value is -3.24. The summed E-state index contributed by atoms with van der Waals surface area (Å²) in [4.78, 5) is 17.1. The third-order valence-corrected chi connectivity index (χ3v) is 4.82. The summed E-state index contributed by atoms with van der Waals surface area (Å²) in [6.45, 7) is 0. The Bertz CT molecular complexity index is 1040. The summed E-state index contributed by atoms with van der Waals surface area (Å²) in [5.41, 5.74) is 2.28. The van der Waals surface area contributed by atoms with Crippen LogP contribution in [0.2, 0.25) is 0 Å². The van der Waals surface area contributed by atoms with Gasteiger partial charge < -0.3 is 4.74 Å². The Kier molecular flexibility index (Phi) is 4.58. The quantitative estimate of drug-likeness (QED) is 0.350. The molecule has 1 aromatic heterocycles. The lowest BCUT2D eigenvalue weighted by Crippen LogP contribution is -2.04. The first-order valence-corrected chi connectivity index (χ1v) is 9.01. The van der Waals surface area contributed by atoms with Crippen molar-refractivity contribution in [2.24, 2.45) is 0 Å². The van der Waals surface area contributed by atoms with E-state index in [1.807, 2.05) is 78.9 Å². The minimum Gasteiger partial charge on any atom is -0.422 e. The van der Waals surface area contributed by atoms with Gasteiger partial charge >= 0.3 is 5.97 Å². The fourth-order valence-electron chi connectivity index (χ4n) is 2.57. The van der Waals surface area contributed by atoms with Gasteiger partial charge in [0.15, 0.2) is 0 Å². The number of carbonyl (C=O) groups is 1. The number of nitrogens with zero attached hydrogens (tertiary/aromatic N) is 1. The molecule has 0 N–H and O–H groups in total. The highest BCUT2D eigenvalue weighted by molar-refractivity contribution is 7.19. The molecular weight excluding hydrogens is 342 g/mol. The molecular formula is C22H15NO2S. The Balaban J connectivity index is 1.72. The van der Waals surface area contributed by atoms with Crippen LogP contribution in [-0.4, -0.2) is 11.0 Å². The zero-order valence-electron chi connectivity index (χ0n) is 13.8. The van der Waals surface area contributed by atoms with Crippen molar-refractivity contribution in [1.82, 2.24) is 4.98 Å². The minimum absolute atomic E-state index is 0.387. The molecule has 26 heavy (non-hydrogen) atoms. The van der Waals surface area contributed by atoms with Gasteiger partial charge in [-0.2, -0.15) is 0 Å². The molecule has 126 valence electrons. The first-order chi connectivity index (χ1) is 12.8. The number of para-hydroxylation sites is 1. The van der Waals surface area contributed by atoms with Gasteiger partial charge in [0.1, 0.15) is 10.8 Å². The summed E-state index contributed by atoms with van der Waals surface area (Å²) in [5, 5.41) is 0.797. The van der Waals surface area contributed by atoms with E-state index in [4.69, 9.17) is 4.74 Å². The van der Waals surface area contributed by atoms with E-state index in [2.05, 4.69) is 4.98 Å². The van der Waals surface area contributed by atoms with Crippen LogP contribution in [0.5, 0.6) is 0 Å². The molecule has 0 saturated carbocycles. The number of ether oxygens (including phenoxy) is 1. The lowest BCUT2D eigenvalue weighted by molar-refractivity contribution is 0.0693. The van der Waals surface area contributed by atoms with Crippen molar-refractivity contribution in [2.45, 2.75) is 0 Å². The van der Waals surface area contributed by atoms with Crippen molar-refractivity contribution in [1.29, 1.82) is 0 Å². The van der Waals surface area contributed by atoms with E-state index in [9.17, 15) is 4.79 Å². The molecule has 3 nitrogen and oxygen atoms in total. The number of benzene rings is 3. The predicted octanol–water partition coefficient (Wildman–Crippen LogP) is 5.65. The molecule has 0 amide bonds. The fourth-order valence-corrected chi connectivity index (χ4v) is 3.47. The molecule has 4 heteroatoms. The van der Waals surface area contributed by atoms with Gasteiger partial charge in [0.05, 0.1) is 15.8 Å². The van der Waals surface area contributed by atoms with Gasteiger partial charge in [-0.1, -0.05) is 60.7 Å². The first kappa shape index (κ1) is 16.2. The average Bonchev–Trinajstić information content (AvgIpc) is 3.11. The molecule has 0 saturated heterocycles. The van der Waals surface area contributed by atoms with Crippen LogP contribution < -0.4 is 0 Å².